The van der Waals surface area contributed by atoms with E-state index in [2.05, 4.69) is 5.32 Å². The lowest BCUT2D eigenvalue weighted by atomic mass is 10.00. The fourth-order valence-electron chi connectivity index (χ4n) is 1.65. The van der Waals surface area contributed by atoms with Gasteiger partial charge in [-0.25, -0.2) is 0 Å². The summed E-state index contributed by atoms with van der Waals surface area (Å²) in [6, 6.07) is 0. The smallest absolute Gasteiger partial charge is 0.0690 e. The fraction of sp³-hybridized carbons (Fsp3) is 1.00. The third-order valence-electron chi connectivity index (χ3n) is 2.58. The standard InChI is InChI=1S/C7H13NO.H2S/c9-7(2-3-7)6-1-4-8-5-6;/h6,8-9H,1-5H2;1H2/t6-;/m0./s1. The first-order chi connectivity index (χ1) is 4.31. The van der Waals surface area contributed by atoms with Crippen molar-refractivity contribution in [2.45, 2.75) is 24.9 Å². The van der Waals surface area contributed by atoms with E-state index in [1.165, 1.54) is 6.42 Å². The largest absolute Gasteiger partial charge is 0.390 e. The highest BCUT2D eigenvalue weighted by atomic mass is 32.1. The Morgan fingerprint density at radius 1 is 1.40 bits per heavy atom. The molecule has 0 aromatic heterocycles. The highest BCUT2D eigenvalue weighted by molar-refractivity contribution is 7.59. The number of rotatable bonds is 1. The van der Waals surface area contributed by atoms with Crippen LogP contribution in [0.4, 0.5) is 0 Å². The molecule has 1 atom stereocenters. The van der Waals surface area contributed by atoms with Crippen LogP contribution in [0.15, 0.2) is 0 Å². The Balaban J connectivity index is 0.000000500. The van der Waals surface area contributed by atoms with Crippen molar-refractivity contribution in [1.82, 2.24) is 5.32 Å². The molecule has 2 fully saturated rings. The number of nitrogens with one attached hydrogen (secondary N) is 1. The summed E-state index contributed by atoms with van der Waals surface area (Å²) < 4.78 is 0. The molecule has 0 aromatic carbocycles. The van der Waals surface area contributed by atoms with Crippen molar-refractivity contribution < 1.29 is 5.11 Å². The SMILES string of the molecule is OC1([C@H]2CCNC2)CC1.S. The summed E-state index contributed by atoms with van der Waals surface area (Å²) in [5.74, 6) is 0.567. The van der Waals surface area contributed by atoms with E-state index in [9.17, 15) is 5.11 Å². The van der Waals surface area contributed by atoms with Crippen LogP contribution < -0.4 is 5.32 Å². The zero-order chi connectivity index (χ0) is 6.32. The molecule has 2 N–H and O–H groups in total. The van der Waals surface area contributed by atoms with E-state index < -0.39 is 0 Å². The third-order valence-corrected chi connectivity index (χ3v) is 2.58. The van der Waals surface area contributed by atoms with Gasteiger partial charge in [0.1, 0.15) is 0 Å². The predicted molar refractivity (Wildman–Crippen MR) is 45.5 cm³/mol. The minimum absolute atomic E-state index is 0. The summed E-state index contributed by atoms with van der Waals surface area (Å²) in [6.07, 6.45) is 3.26. The number of hydrogen-bond donors (Lipinski definition) is 2. The average Bonchev–Trinajstić information content (AvgIpc) is 2.46. The van der Waals surface area contributed by atoms with Crippen molar-refractivity contribution in [3.63, 3.8) is 0 Å². The van der Waals surface area contributed by atoms with Gasteiger partial charge in [0, 0.05) is 12.5 Å². The van der Waals surface area contributed by atoms with Crippen molar-refractivity contribution in [3.8, 4) is 0 Å². The molecule has 2 aliphatic rings. The summed E-state index contributed by atoms with van der Waals surface area (Å²) in [5, 5.41) is 12.8. The molecule has 1 heterocycles. The van der Waals surface area contributed by atoms with Crippen LogP contribution in [0, 0.1) is 5.92 Å². The Hall–Kier alpha value is 0.270. The van der Waals surface area contributed by atoms with Gasteiger partial charge in [-0.2, -0.15) is 13.5 Å². The summed E-state index contributed by atoms with van der Waals surface area (Å²) in [4.78, 5) is 0. The van der Waals surface area contributed by atoms with Crippen molar-refractivity contribution in [2.24, 2.45) is 5.92 Å². The molecule has 1 saturated carbocycles. The highest BCUT2D eigenvalue weighted by Crippen LogP contribution is 2.44. The second-order valence-electron chi connectivity index (χ2n) is 3.29. The van der Waals surface area contributed by atoms with Gasteiger partial charge in [0.15, 0.2) is 0 Å². The second kappa shape index (κ2) is 2.72. The summed E-state index contributed by atoms with van der Waals surface area (Å²) in [6.45, 7) is 2.14. The maximum absolute atomic E-state index is 9.59. The van der Waals surface area contributed by atoms with Crippen molar-refractivity contribution >= 4 is 13.5 Å². The summed E-state index contributed by atoms with van der Waals surface area (Å²) >= 11 is 0. The number of aliphatic hydroxyl groups is 1. The van der Waals surface area contributed by atoms with Gasteiger partial charge in [0.05, 0.1) is 5.60 Å². The second-order valence-corrected chi connectivity index (χ2v) is 3.29. The van der Waals surface area contributed by atoms with Crippen molar-refractivity contribution in [2.75, 3.05) is 13.1 Å². The molecule has 1 saturated heterocycles. The van der Waals surface area contributed by atoms with Crippen LogP contribution in [0.2, 0.25) is 0 Å². The molecule has 2 rings (SSSR count). The zero-order valence-electron chi connectivity index (χ0n) is 6.06. The minimum Gasteiger partial charge on any atom is -0.390 e. The molecule has 10 heavy (non-hydrogen) atoms. The molecule has 0 spiro atoms. The van der Waals surface area contributed by atoms with Crippen molar-refractivity contribution in [1.29, 1.82) is 0 Å². The Morgan fingerprint density at radius 3 is 2.50 bits per heavy atom. The van der Waals surface area contributed by atoms with Gasteiger partial charge in [-0.05, 0) is 25.8 Å². The van der Waals surface area contributed by atoms with Gasteiger partial charge >= 0.3 is 0 Å². The van der Waals surface area contributed by atoms with Crippen LogP contribution in [0.25, 0.3) is 0 Å². The van der Waals surface area contributed by atoms with Crippen LogP contribution in [-0.2, 0) is 0 Å². The first kappa shape index (κ1) is 8.37. The Labute approximate surface area is 68.5 Å². The molecule has 0 unspecified atom stereocenters. The quantitative estimate of drug-likeness (QED) is 0.577. The van der Waals surface area contributed by atoms with E-state index in [0.29, 0.717) is 5.92 Å². The lowest BCUT2D eigenvalue weighted by Gasteiger charge is -2.13. The topological polar surface area (TPSA) is 32.3 Å². The molecule has 0 radical (unpaired) electrons. The predicted octanol–water partition coefficient (Wildman–Crippen LogP) is 0.234. The summed E-state index contributed by atoms with van der Waals surface area (Å²) in [5.41, 5.74) is -0.233. The van der Waals surface area contributed by atoms with E-state index in [4.69, 9.17) is 0 Å². The molecule has 2 nitrogen and oxygen atoms in total. The Bertz CT molecular complexity index is 119. The highest BCUT2D eigenvalue weighted by Gasteiger charge is 2.48. The van der Waals surface area contributed by atoms with Crippen molar-refractivity contribution in [3.05, 3.63) is 0 Å². The minimum atomic E-state index is -0.233. The van der Waals surface area contributed by atoms with Crippen LogP contribution >= 0.6 is 13.5 Å². The lowest BCUT2D eigenvalue weighted by Crippen LogP contribution is -2.23. The normalized spacial score (nSPS) is 35.1. The molecular weight excluding hydrogens is 146 g/mol. The molecule has 0 bridgehead atoms. The van der Waals surface area contributed by atoms with Crippen LogP contribution in [0.3, 0.4) is 0 Å². The van der Waals surface area contributed by atoms with Gasteiger partial charge in [-0.1, -0.05) is 0 Å². The van der Waals surface area contributed by atoms with E-state index >= 15 is 0 Å². The average molecular weight is 161 g/mol. The molecule has 0 amide bonds. The van der Waals surface area contributed by atoms with Gasteiger partial charge in [-0.15, -0.1) is 0 Å². The Kier molecular flexibility index (Phi) is 2.28. The van der Waals surface area contributed by atoms with E-state index in [1.807, 2.05) is 0 Å². The first-order valence-corrected chi connectivity index (χ1v) is 3.74. The molecule has 0 aromatic rings. The van der Waals surface area contributed by atoms with Gasteiger partial charge in [-0.3, -0.25) is 0 Å². The van der Waals surface area contributed by atoms with Gasteiger partial charge < -0.3 is 10.4 Å². The summed E-state index contributed by atoms with van der Waals surface area (Å²) in [7, 11) is 0. The molecular formula is C7H15NOS. The molecule has 1 aliphatic carbocycles. The number of hydrogen-bond acceptors (Lipinski definition) is 2. The monoisotopic (exact) mass is 161 g/mol. The maximum atomic E-state index is 9.59. The lowest BCUT2D eigenvalue weighted by molar-refractivity contribution is 0.0914. The van der Waals surface area contributed by atoms with E-state index in [1.54, 1.807) is 0 Å². The van der Waals surface area contributed by atoms with Crippen LogP contribution in [0.1, 0.15) is 19.3 Å². The maximum Gasteiger partial charge on any atom is 0.0690 e. The molecule has 60 valence electrons. The zero-order valence-corrected chi connectivity index (χ0v) is 7.06. The van der Waals surface area contributed by atoms with Crippen LogP contribution in [0.5, 0.6) is 0 Å². The Morgan fingerprint density at radius 2 is 2.10 bits per heavy atom. The van der Waals surface area contributed by atoms with Crippen LogP contribution in [-0.4, -0.2) is 23.8 Å². The fourth-order valence-corrected chi connectivity index (χ4v) is 1.65. The van der Waals surface area contributed by atoms with E-state index in [0.717, 1.165) is 25.9 Å². The van der Waals surface area contributed by atoms with Gasteiger partial charge in [0.25, 0.3) is 0 Å². The van der Waals surface area contributed by atoms with E-state index in [-0.39, 0.29) is 19.1 Å². The first-order valence-electron chi connectivity index (χ1n) is 3.74. The molecule has 3 heteroatoms. The molecule has 1 aliphatic heterocycles. The van der Waals surface area contributed by atoms with Gasteiger partial charge in [0.2, 0.25) is 0 Å². The third kappa shape index (κ3) is 1.31.